The van der Waals surface area contributed by atoms with Crippen LogP contribution in [0.1, 0.15) is 29.5 Å². The van der Waals surface area contributed by atoms with E-state index in [4.69, 9.17) is 0 Å². The third-order valence-electron chi connectivity index (χ3n) is 5.24. The summed E-state index contributed by atoms with van der Waals surface area (Å²) >= 11 is 0. The fourth-order valence-electron chi connectivity index (χ4n) is 3.69. The van der Waals surface area contributed by atoms with Gasteiger partial charge in [-0.25, -0.2) is 0 Å². The summed E-state index contributed by atoms with van der Waals surface area (Å²) in [5.41, 5.74) is 4.56. The smallest absolute Gasteiger partial charge is 0.0234 e. The highest BCUT2D eigenvalue weighted by Gasteiger charge is 2.26. The van der Waals surface area contributed by atoms with Crippen molar-refractivity contribution in [2.24, 2.45) is 5.92 Å². The summed E-state index contributed by atoms with van der Waals surface area (Å²) in [7, 11) is 0. The monoisotopic (exact) mass is 285 g/mol. The highest BCUT2D eigenvalue weighted by Crippen LogP contribution is 2.30. The van der Waals surface area contributed by atoms with Crippen molar-refractivity contribution in [1.29, 1.82) is 0 Å². The molecule has 0 amide bonds. The minimum Gasteiger partial charge on any atom is -0.312 e. The third kappa shape index (κ3) is 3.47. The molecule has 2 heterocycles. The van der Waals surface area contributed by atoms with Crippen LogP contribution in [0, 0.1) is 5.92 Å². The molecular weight excluding hydrogens is 258 g/mol. The first-order valence-corrected chi connectivity index (χ1v) is 8.63. The van der Waals surface area contributed by atoms with E-state index in [-0.39, 0.29) is 0 Å². The Balaban J connectivity index is 1.31. The largest absolute Gasteiger partial charge is 0.312 e. The Hall–Kier alpha value is -0.900. The van der Waals surface area contributed by atoms with Crippen LogP contribution in [0.3, 0.4) is 0 Å². The molecule has 3 aliphatic rings. The van der Waals surface area contributed by atoms with Gasteiger partial charge >= 0.3 is 0 Å². The Bertz CT molecular complexity index is 487. The van der Waals surface area contributed by atoms with E-state index in [0.29, 0.717) is 0 Å². The normalized spacial score (nSPS) is 24.0. The molecule has 1 saturated heterocycles. The van der Waals surface area contributed by atoms with Crippen LogP contribution in [0.25, 0.3) is 0 Å². The highest BCUT2D eigenvalue weighted by atomic mass is 15.3. The van der Waals surface area contributed by atoms with Crippen LogP contribution in [0.15, 0.2) is 18.2 Å². The predicted octanol–water partition coefficient (Wildman–Crippen LogP) is 1.86. The number of nitrogens with zero attached hydrogens (tertiary/aromatic N) is 2. The van der Waals surface area contributed by atoms with Crippen molar-refractivity contribution in [3.05, 3.63) is 34.9 Å². The Morgan fingerprint density at radius 2 is 1.81 bits per heavy atom. The molecule has 0 aromatic heterocycles. The van der Waals surface area contributed by atoms with Gasteiger partial charge in [-0.05, 0) is 48.4 Å². The van der Waals surface area contributed by atoms with Crippen molar-refractivity contribution < 1.29 is 0 Å². The standard InChI is InChI=1S/C18H27N3/c1-2-15(1)13-20-7-9-21(10-8-20)14-16-3-4-17-5-6-19-12-18(17)11-16/h3-4,11,15,19H,1-2,5-10,12-14H2. The first-order chi connectivity index (χ1) is 10.4. The number of hydrogen-bond donors (Lipinski definition) is 1. The zero-order valence-electron chi connectivity index (χ0n) is 13.0. The maximum absolute atomic E-state index is 3.48. The molecule has 0 unspecified atom stereocenters. The van der Waals surface area contributed by atoms with Crippen molar-refractivity contribution >= 4 is 0 Å². The van der Waals surface area contributed by atoms with E-state index >= 15 is 0 Å². The summed E-state index contributed by atoms with van der Waals surface area (Å²) in [5.74, 6) is 1.03. The number of piperazine rings is 1. The second-order valence-corrected chi connectivity index (χ2v) is 7.05. The summed E-state index contributed by atoms with van der Waals surface area (Å²) < 4.78 is 0. The molecule has 114 valence electrons. The van der Waals surface area contributed by atoms with Gasteiger partial charge in [0.15, 0.2) is 0 Å². The molecule has 1 N–H and O–H groups in total. The second-order valence-electron chi connectivity index (χ2n) is 7.05. The van der Waals surface area contributed by atoms with Crippen LogP contribution in [-0.2, 0) is 19.5 Å². The van der Waals surface area contributed by atoms with Gasteiger partial charge in [0, 0.05) is 45.8 Å². The lowest BCUT2D eigenvalue weighted by molar-refractivity contribution is 0.123. The molecule has 1 aliphatic carbocycles. The minimum atomic E-state index is 1.03. The van der Waals surface area contributed by atoms with Crippen LogP contribution in [0.5, 0.6) is 0 Å². The van der Waals surface area contributed by atoms with E-state index < -0.39 is 0 Å². The van der Waals surface area contributed by atoms with E-state index in [1.165, 1.54) is 63.1 Å². The zero-order valence-corrected chi connectivity index (χ0v) is 13.0. The molecule has 1 aromatic carbocycles. The summed E-state index contributed by atoms with van der Waals surface area (Å²) in [6, 6.07) is 7.13. The van der Waals surface area contributed by atoms with Gasteiger partial charge in [-0.1, -0.05) is 18.2 Å². The third-order valence-corrected chi connectivity index (χ3v) is 5.24. The molecule has 1 aromatic rings. The van der Waals surface area contributed by atoms with Crippen molar-refractivity contribution in [2.75, 3.05) is 39.3 Å². The Labute approximate surface area is 128 Å². The van der Waals surface area contributed by atoms with Gasteiger partial charge in [0.2, 0.25) is 0 Å². The second kappa shape index (κ2) is 6.07. The number of nitrogens with one attached hydrogen (secondary N) is 1. The van der Waals surface area contributed by atoms with E-state index in [0.717, 1.165) is 25.6 Å². The Morgan fingerprint density at radius 3 is 2.62 bits per heavy atom. The molecule has 2 aliphatic heterocycles. The first-order valence-electron chi connectivity index (χ1n) is 8.63. The van der Waals surface area contributed by atoms with Gasteiger partial charge < -0.3 is 10.2 Å². The molecule has 3 nitrogen and oxygen atoms in total. The Morgan fingerprint density at radius 1 is 1.00 bits per heavy atom. The number of hydrogen-bond acceptors (Lipinski definition) is 3. The number of benzene rings is 1. The number of rotatable bonds is 4. The van der Waals surface area contributed by atoms with Crippen LogP contribution in [0.2, 0.25) is 0 Å². The molecule has 4 rings (SSSR count). The minimum absolute atomic E-state index is 1.03. The molecule has 2 fully saturated rings. The molecule has 0 spiro atoms. The van der Waals surface area contributed by atoms with Crippen LogP contribution in [0.4, 0.5) is 0 Å². The molecule has 1 saturated carbocycles. The van der Waals surface area contributed by atoms with E-state index in [1.807, 2.05) is 0 Å². The fourth-order valence-corrected chi connectivity index (χ4v) is 3.69. The SMILES string of the molecule is c1cc2c(cc1CN1CCN(CC3CC3)CC1)CNCC2. The Kier molecular flexibility index (Phi) is 3.97. The average Bonchev–Trinajstić information content (AvgIpc) is 3.33. The van der Waals surface area contributed by atoms with Crippen molar-refractivity contribution in [3.8, 4) is 0 Å². The van der Waals surface area contributed by atoms with Crippen molar-refractivity contribution in [2.45, 2.75) is 32.4 Å². The maximum Gasteiger partial charge on any atom is 0.0234 e. The summed E-state index contributed by atoms with van der Waals surface area (Å²) in [5, 5.41) is 3.48. The predicted molar refractivity (Wildman–Crippen MR) is 86.3 cm³/mol. The molecule has 0 bridgehead atoms. The lowest BCUT2D eigenvalue weighted by atomic mass is 9.98. The molecule has 0 radical (unpaired) electrons. The van der Waals surface area contributed by atoms with Gasteiger partial charge in [0.05, 0.1) is 0 Å². The van der Waals surface area contributed by atoms with Gasteiger partial charge in [0.25, 0.3) is 0 Å². The molecule has 3 heteroatoms. The lowest BCUT2D eigenvalue weighted by Crippen LogP contribution is -2.46. The van der Waals surface area contributed by atoms with E-state index in [1.54, 1.807) is 5.56 Å². The first kappa shape index (κ1) is 13.7. The van der Waals surface area contributed by atoms with Crippen LogP contribution in [-0.4, -0.2) is 49.1 Å². The molecule has 21 heavy (non-hydrogen) atoms. The summed E-state index contributed by atoms with van der Waals surface area (Å²) in [6.45, 7) is 9.69. The number of fused-ring (bicyclic) bond motifs is 1. The maximum atomic E-state index is 3.48. The highest BCUT2D eigenvalue weighted by molar-refractivity contribution is 5.33. The molecular formula is C18H27N3. The van der Waals surface area contributed by atoms with E-state index in [9.17, 15) is 0 Å². The van der Waals surface area contributed by atoms with Gasteiger partial charge in [-0.2, -0.15) is 0 Å². The van der Waals surface area contributed by atoms with Gasteiger partial charge in [0.1, 0.15) is 0 Å². The van der Waals surface area contributed by atoms with Crippen LogP contribution >= 0.6 is 0 Å². The topological polar surface area (TPSA) is 18.5 Å². The van der Waals surface area contributed by atoms with E-state index in [2.05, 4.69) is 33.3 Å². The van der Waals surface area contributed by atoms with Crippen LogP contribution < -0.4 is 5.32 Å². The average molecular weight is 285 g/mol. The van der Waals surface area contributed by atoms with Gasteiger partial charge in [-0.15, -0.1) is 0 Å². The van der Waals surface area contributed by atoms with Crippen molar-refractivity contribution in [3.63, 3.8) is 0 Å². The lowest BCUT2D eigenvalue weighted by Gasteiger charge is -2.35. The fraction of sp³-hybridized carbons (Fsp3) is 0.667. The van der Waals surface area contributed by atoms with Gasteiger partial charge in [-0.3, -0.25) is 4.90 Å². The van der Waals surface area contributed by atoms with Crippen molar-refractivity contribution in [1.82, 2.24) is 15.1 Å². The summed E-state index contributed by atoms with van der Waals surface area (Å²) in [4.78, 5) is 5.30. The quantitative estimate of drug-likeness (QED) is 0.911. The summed E-state index contributed by atoms with van der Waals surface area (Å²) in [6.07, 6.45) is 4.14. The molecule has 0 atom stereocenters. The zero-order chi connectivity index (χ0) is 14.1.